The normalized spacial score (nSPS) is 19.6. The Morgan fingerprint density at radius 2 is 1.82 bits per heavy atom. The Morgan fingerprint density at radius 1 is 1.03 bits per heavy atom. The first-order valence-corrected chi connectivity index (χ1v) is 11.4. The van der Waals surface area contributed by atoms with Crippen LogP contribution in [0.1, 0.15) is 46.8 Å². The zero-order valence-corrected chi connectivity index (χ0v) is 19.0. The van der Waals surface area contributed by atoms with Gasteiger partial charge in [-0.2, -0.15) is 0 Å². The molecule has 2 heterocycles. The van der Waals surface area contributed by atoms with Gasteiger partial charge in [-0.05, 0) is 79.6 Å². The molecule has 0 radical (unpaired) electrons. The Bertz CT molecular complexity index is 1300. The molecule has 5 rings (SSSR count). The molecule has 2 aliphatic rings. The van der Waals surface area contributed by atoms with Crippen LogP contribution in [0.5, 0.6) is 0 Å². The van der Waals surface area contributed by atoms with E-state index in [2.05, 4.69) is 4.98 Å². The molecule has 5 nitrogen and oxygen atoms in total. The molecule has 1 atom stereocenters. The molecule has 1 fully saturated rings. The highest BCUT2D eigenvalue weighted by Crippen LogP contribution is 2.43. The molecular formula is C27H23ClN2O3. The summed E-state index contributed by atoms with van der Waals surface area (Å²) in [7, 11) is 0. The molecule has 1 aromatic heterocycles. The molecule has 0 saturated carbocycles. The number of halogens is 1. The van der Waals surface area contributed by atoms with Gasteiger partial charge in [-0.25, -0.2) is 0 Å². The number of ketones is 1. The van der Waals surface area contributed by atoms with Gasteiger partial charge in [-0.15, -0.1) is 0 Å². The van der Waals surface area contributed by atoms with Gasteiger partial charge in [0, 0.05) is 22.5 Å². The second-order valence-electron chi connectivity index (χ2n) is 8.50. The van der Waals surface area contributed by atoms with Crippen molar-refractivity contribution in [2.45, 2.75) is 38.6 Å². The SMILES string of the molecule is Cc1c(Cl)cccc1N1C(=O)C(=O)/C(=C(\O)c2ccc3c(c2)CCCC3)C1c1ccccn1. The van der Waals surface area contributed by atoms with Crippen LogP contribution in [0.15, 0.2) is 66.4 Å². The number of hydrogen-bond acceptors (Lipinski definition) is 4. The van der Waals surface area contributed by atoms with Crippen molar-refractivity contribution < 1.29 is 14.7 Å². The summed E-state index contributed by atoms with van der Waals surface area (Å²) >= 11 is 6.33. The number of anilines is 1. The summed E-state index contributed by atoms with van der Waals surface area (Å²) in [5.74, 6) is -1.63. The number of nitrogens with zero attached hydrogens (tertiary/aromatic N) is 2. The molecule has 2 aromatic carbocycles. The van der Waals surface area contributed by atoms with Crippen LogP contribution in [-0.4, -0.2) is 21.8 Å². The summed E-state index contributed by atoms with van der Waals surface area (Å²) in [4.78, 5) is 32.4. The third kappa shape index (κ3) is 3.62. The second kappa shape index (κ2) is 8.49. The minimum atomic E-state index is -0.862. The molecule has 0 spiro atoms. The standard InChI is InChI=1S/C27H23ClN2O3/c1-16-20(28)9-6-11-22(16)30-24(21-10-4-5-14-29-21)23(26(32)27(30)33)25(31)19-13-12-17-7-2-3-8-18(17)15-19/h4-6,9-15,24,31H,2-3,7-8H2,1H3/b25-23-. The lowest BCUT2D eigenvalue weighted by Crippen LogP contribution is -2.30. The Hall–Kier alpha value is -3.44. The first-order valence-electron chi connectivity index (χ1n) is 11.1. The number of rotatable bonds is 3. The van der Waals surface area contributed by atoms with Crippen molar-refractivity contribution >= 4 is 34.7 Å². The molecule has 3 aromatic rings. The molecule has 1 amide bonds. The number of aliphatic hydroxyl groups excluding tert-OH is 1. The van der Waals surface area contributed by atoms with Crippen LogP contribution < -0.4 is 4.90 Å². The van der Waals surface area contributed by atoms with E-state index in [-0.39, 0.29) is 11.3 Å². The van der Waals surface area contributed by atoms with Crippen LogP contribution in [0.3, 0.4) is 0 Å². The predicted octanol–water partition coefficient (Wildman–Crippen LogP) is 5.55. The third-order valence-electron chi connectivity index (χ3n) is 6.53. The van der Waals surface area contributed by atoms with E-state index in [0.29, 0.717) is 27.5 Å². The van der Waals surface area contributed by atoms with Crippen molar-refractivity contribution in [1.29, 1.82) is 0 Å². The van der Waals surface area contributed by atoms with Crippen LogP contribution in [0.25, 0.3) is 5.76 Å². The molecule has 1 N–H and O–H groups in total. The van der Waals surface area contributed by atoms with Crippen LogP contribution in [-0.2, 0) is 22.4 Å². The van der Waals surface area contributed by atoms with Crippen molar-refractivity contribution in [2.24, 2.45) is 0 Å². The number of carbonyl (C=O) groups excluding carboxylic acids is 2. The smallest absolute Gasteiger partial charge is 0.300 e. The number of benzene rings is 2. The third-order valence-corrected chi connectivity index (χ3v) is 6.94. The Labute approximate surface area is 197 Å². The number of hydrogen-bond donors (Lipinski definition) is 1. The van der Waals surface area contributed by atoms with Gasteiger partial charge in [0.25, 0.3) is 11.7 Å². The fourth-order valence-electron chi connectivity index (χ4n) is 4.79. The summed E-state index contributed by atoms with van der Waals surface area (Å²) in [5, 5.41) is 11.8. The van der Waals surface area contributed by atoms with E-state index in [1.165, 1.54) is 16.0 Å². The van der Waals surface area contributed by atoms with Crippen LogP contribution in [0.2, 0.25) is 5.02 Å². The predicted molar refractivity (Wildman–Crippen MR) is 128 cm³/mol. The minimum Gasteiger partial charge on any atom is -0.507 e. The first-order chi connectivity index (χ1) is 16.0. The maximum atomic E-state index is 13.3. The minimum absolute atomic E-state index is 0.0360. The van der Waals surface area contributed by atoms with Gasteiger partial charge in [0.15, 0.2) is 0 Å². The summed E-state index contributed by atoms with van der Waals surface area (Å²) in [6.45, 7) is 1.80. The van der Waals surface area contributed by atoms with Gasteiger partial charge in [0.05, 0.1) is 11.3 Å². The molecule has 1 aliphatic carbocycles. The number of pyridine rings is 1. The van der Waals surface area contributed by atoms with Crippen LogP contribution >= 0.6 is 11.6 Å². The zero-order valence-electron chi connectivity index (χ0n) is 18.2. The van der Waals surface area contributed by atoms with Crippen molar-refractivity contribution in [2.75, 3.05) is 4.90 Å². The molecule has 33 heavy (non-hydrogen) atoms. The van der Waals surface area contributed by atoms with Crippen LogP contribution in [0.4, 0.5) is 5.69 Å². The van der Waals surface area contributed by atoms with Crippen molar-refractivity contribution in [3.8, 4) is 0 Å². The van der Waals surface area contributed by atoms with Crippen LogP contribution in [0, 0.1) is 6.92 Å². The Kier molecular flexibility index (Phi) is 5.51. The van der Waals surface area contributed by atoms with E-state index in [0.717, 1.165) is 25.7 Å². The van der Waals surface area contributed by atoms with Gasteiger partial charge >= 0.3 is 0 Å². The largest absolute Gasteiger partial charge is 0.507 e. The average Bonchev–Trinajstić information content (AvgIpc) is 3.11. The fourth-order valence-corrected chi connectivity index (χ4v) is 4.96. The van der Waals surface area contributed by atoms with Crippen molar-refractivity contribution in [3.05, 3.63) is 99.3 Å². The summed E-state index contributed by atoms with van der Waals surface area (Å²) in [6.07, 6.45) is 5.82. The lowest BCUT2D eigenvalue weighted by Gasteiger charge is -2.26. The summed E-state index contributed by atoms with van der Waals surface area (Å²) < 4.78 is 0. The van der Waals surface area contributed by atoms with E-state index in [4.69, 9.17) is 11.6 Å². The van der Waals surface area contributed by atoms with Crippen molar-refractivity contribution in [3.63, 3.8) is 0 Å². The lowest BCUT2D eigenvalue weighted by atomic mass is 9.89. The van der Waals surface area contributed by atoms with Gasteiger partial charge in [0.2, 0.25) is 0 Å². The van der Waals surface area contributed by atoms with Gasteiger partial charge in [-0.1, -0.05) is 35.9 Å². The van der Waals surface area contributed by atoms with E-state index in [9.17, 15) is 14.7 Å². The molecule has 0 bridgehead atoms. The van der Waals surface area contributed by atoms with E-state index < -0.39 is 17.7 Å². The van der Waals surface area contributed by atoms with E-state index in [1.807, 2.05) is 18.2 Å². The van der Waals surface area contributed by atoms with E-state index in [1.54, 1.807) is 49.5 Å². The summed E-state index contributed by atoms with van der Waals surface area (Å²) in [5.41, 5.74) is 4.72. The van der Waals surface area contributed by atoms with E-state index >= 15 is 0 Å². The number of aliphatic hydroxyl groups is 1. The topological polar surface area (TPSA) is 70.5 Å². The zero-order chi connectivity index (χ0) is 23.1. The fraction of sp³-hybridized carbons (Fsp3) is 0.222. The van der Waals surface area contributed by atoms with Crippen molar-refractivity contribution in [1.82, 2.24) is 4.98 Å². The number of Topliss-reactive ketones (excluding diaryl/α,β-unsaturated/α-hetero) is 1. The summed E-state index contributed by atoms with van der Waals surface area (Å²) in [6, 6.07) is 15.5. The highest BCUT2D eigenvalue weighted by atomic mass is 35.5. The molecule has 1 saturated heterocycles. The molecule has 1 aliphatic heterocycles. The highest BCUT2D eigenvalue weighted by molar-refractivity contribution is 6.52. The highest BCUT2D eigenvalue weighted by Gasteiger charge is 2.48. The molecular weight excluding hydrogens is 436 g/mol. The number of fused-ring (bicyclic) bond motifs is 1. The maximum absolute atomic E-state index is 13.3. The van der Waals surface area contributed by atoms with Gasteiger partial charge in [-0.3, -0.25) is 19.5 Å². The average molecular weight is 459 g/mol. The number of amides is 1. The monoisotopic (exact) mass is 458 g/mol. The number of carbonyl (C=O) groups is 2. The molecule has 1 unspecified atom stereocenters. The molecule has 166 valence electrons. The van der Waals surface area contributed by atoms with Gasteiger partial charge < -0.3 is 5.11 Å². The maximum Gasteiger partial charge on any atom is 0.300 e. The second-order valence-corrected chi connectivity index (χ2v) is 8.91. The first kappa shape index (κ1) is 21.4. The Balaban J connectivity index is 1.71. The lowest BCUT2D eigenvalue weighted by molar-refractivity contribution is -0.132. The quantitative estimate of drug-likeness (QED) is 0.317. The van der Waals surface area contributed by atoms with Gasteiger partial charge in [0.1, 0.15) is 11.8 Å². The number of aryl methyl sites for hydroxylation is 2. The number of aromatic nitrogens is 1. The Morgan fingerprint density at radius 3 is 2.58 bits per heavy atom. The molecule has 6 heteroatoms.